The summed E-state index contributed by atoms with van der Waals surface area (Å²) in [6, 6.07) is 0. The third-order valence-electron chi connectivity index (χ3n) is 3.28. The molecular formula is C12H23NO2. The molecule has 0 aromatic heterocycles. The summed E-state index contributed by atoms with van der Waals surface area (Å²) in [5.74, 6) is 1.18. The van der Waals surface area contributed by atoms with Gasteiger partial charge >= 0.3 is 0 Å². The van der Waals surface area contributed by atoms with E-state index in [1.54, 1.807) is 18.9 Å². The third-order valence-corrected chi connectivity index (χ3v) is 3.28. The quantitative estimate of drug-likeness (QED) is 0.774. The lowest BCUT2D eigenvalue weighted by Crippen LogP contribution is -2.38. The largest absolute Gasteiger partial charge is 0.392 e. The van der Waals surface area contributed by atoms with Crippen LogP contribution >= 0.6 is 0 Å². The highest BCUT2D eigenvalue weighted by Crippen LogP contribution is 2.29. The number of amides is 1. The van der Waals surface area contributed by atoms with E-state index in [9.17, 15) is 9.90 Å². The average Bonchev–Trinajstić information content (AvgIpc) is 2.17. The summed E-state index contributed by atoms with van der Waals surface area (Å²) in [5, 5.41) is 9.22. The Kier molecular flexibility index (Phi) is 4.58. The Balaban J connectivity index is 2.39. The Labute approximate surface area is 92.5 Å². The molecule has 0 bridgehead atoms. The summed E-state index contributed by atoms with van der Waals surface area (Å²) in [6.45, 7) is 4.41. The molecule has 0 heterocycles. The van der Waals surface area contributed by atoms with Crippen molar-refractivity contribution >= 4 is 5.91 Å². The van der Waals surface area contributed by atoms with Crippen LogP contribution in [0.1, 0.15) is 39.5 Å². The number of aliphatic hydroxyl groups excluding tert-OH is 1. The van der Waals surface area contributed by atoms with Crippen LogP contribution in [-0.2, 0) is 4.79 Å². The molecule has 1 aliphatic rings. The van der Waals surface area contributed by atoms with Crippen molar-refractivity contribution in [2.75, 3.05) is 13.6 Å². The van der Waals surface area contributed by atoms with Crippen molar-refractivity contribution in [1.82, 2.24) is 4.90 Å². The fourth-order valence-electron chi connectivity index (χ4n) is 2.31. The number of hydrogen-bond acceptors (Lipinski definition) is 2. The first kappa shape index (κ1) is 12.5. The Bertz CT molecular complexity index is 208. The zero-order valence-electron chi connectivity index (χ0n) is 10.1. The second-order valence-electron chi connectivity index (χ2n) is 5.02. The summed E-state index contributed by atoms with van der Waals surface area (Å²) in [6.07, 6.45) is 3.94. The summed E-state index contributed by atoms with van der Waals surface area (Å²) in [7, 11) is 1.78. The Morgan fingerprint density at radius 2 is 1.93 bits per heavy atom. The molecule has 1 rings (SSSR count). The van der Waals surface area contributed by atoms with Gasteiger partial charge in [0.05, 0.1) is 6.10 Å². The second-order valence-corrected chi connectivity index (χ2v) is 5.02. The molecule has 0 aromatic rings. The lowest BCUT2D eigenvalue weighted by molar-refractivity contribution is -0.136. The van der Waals surface area contributed by atoms with Crippen molar-refractivity contribution in [2.24, 2.45) is 11.8 Å². The average molecular weight is 213 g/mol. The predicted octanol–water partition coefficient (Wildman–Crippen LogP) is 1.65. The zero-order chi connectivity index (χ0) is 11.4. The van der Waals surface area contributed by atoms with E-state index in [0.29, 0.717) is 6.54 Å². The van der Waals surface area contributed by atoms with Crippen LogP contribution in [0.3, 0.4) is 0 Å². The number of aliphatic hydroxyl groups is 1. The van der Waals surface area contributed by atoms with E-state index >= 15 is 0 Å². The van der Waals surface area contributed by atoms with E-state index < -0.39 is 6.10 Å². The maximum absolute atomic E-state index is 12.0. The Morgan fingerprint density at radius 3 is 2.40 bits per heavy atom. The van der Waals surface area contributed by atoms with Crippen molar-refractivity contribution in [3.05, 3.63) is 0 Å². The lowest BCUT2D eigenvalue weighted by atomic mass is 9.82. The van der Waals surface area contributed by atoms with Gasteiger partial charge in [-0.3, -0.25) is 4.79 Å². The number of nitrogens with zero attached hydrogens (tertiary/aromatic N) is 1. The van der Waals surface area contributed by atoms with Gasteiger partial charge in [0.1, 0.15) is 0 Å². The highest BCUT2D eigenvalue weighted by molar-refractivity contribution is 5.78. The van der Waals surface area contributed by atoms with Gasteiger partial charge in [0.2, 0.25) is 5.91 Å². The van der Waals surface area contributed by atoms with E-state index in [4.69, 9.17) is 0 Å². The molecule has 0 saturated heterocycles. The molecule has 88 valence electrons. The van der Waals surface area contributed by atoms with Crippen molar-refractivity contribution in [3.63, 3.8) is 0 Å². The lowest BCUT2D eigenvalue weighted by Gasteiger charge is -2.29. The molecule has 0 aromatic carbocycles. The molecule has 0 aliphatic heterocycles. The van der Waals surface area contributed by atoms with Crippen LogP contribution in [0.5, 0.6) is 0 Å². The smallest absolute Gasteiger partial charge is 0.225 e. The van der Waals surface area contributed by atoms with Gasteiger partial charge in [-0.2, -0.15) is 0 Å². The van der Waals surface area contributed by atoms with Crippen LogP contribution in [0.25, 0.3) is 0 Å². The standard InChI is InChI=1S/C12H23NO2/c1-9-4-6-11(7-5-9)12(15)13(3)8-10(2)14/h9-11,14H,4-8H2,1-3H3. The first-order valence-corrected chi connectivity index (χ1v) is 5.93. The molecule has 1 fully saturated rings. The minimum Gasteiger partial charge on any atom is -0.392 e. The number of likely N-dealkylation sites (N-methyl/N-ethyl adjacent to an activating group) is 1. The fourth-order valence-corrected chi connectivity index (χ4v) is 2.31. The van der Waals surface area contributed by atoms with E-state index in [1.165, 1.54) is 12.8 Å². The van der Waals surface area contributed by atoms with E-state index in [-0.39, 0.29) is 11.8 Å². The Morgan fingerprint density at radius 1 is 1.40 bits per heavy atom. The topological polar surface area (TPSA) is 40.5 Å². The first-order chi connectivity index (χ1) is 7.00. The molecule has 1 N–H and O–H groups in total. The van der Waals surface area contributed by atoms with Gasteiger partial charge < -0.3 is 10.0 Å². The van der Waals surface area contributed by atoms with Gasteiger partial charge in [0.25, 0.3) is 0 Å². The molecule has 3 heteroatoms. The normalized spacial score (nSPS) is 28.5. The molecule has 1 unspecified atom stereocenters. The Hall–Kier alpha value is -0.570. The maximum atomic E-state index is 12.0. The van der Waals surface area contributed by atoms with Crippen molar-refractivity contribution in [2.45, 2.75) is 45.6 Å². The molecule has 1 aliphatic carbocycles. The van der Waals surface area contributed by atoms with Gasteiger partial charge in [-0.25, -0.2) is 0 Å². The monoisotopic (exact) mass is 213 g/mol. The summed E-state index contributed by atoms with van der Waals surface area (Å²) in [4.78, 5) is 13.6. The van der Waals surface area contributed by atoms with Crippen molar-refractivity contribution in [3.8, 4) is 0 Å². The molecule has 1 saturated carbocycles. The summed E-state index contributed by atoms with van der Waals surface area (Å²) in [5.41, 5.74) is 0. The van der Waals surface area contributed by atoms with E-state index in [1.807, 2.05) is 0 Å². The van der Waals surface area contributed by atoms with Crippen LogP contribution in [0.15, 0.2) is 0 Å². The van der Waals surface area contributed by atoms with Gasteiger partial charge in [-0.1, -0.05) is 6.92 Å². The summed E-state index contributed by atoms with van der Waals surface area (Å²) < 4.78 is 0. The number of carbonyl (C=O) groups is 1. The fraction of sp³-hybridized carbons (Fsp3) is 0.917. The van der Waals surface area contributed by atoms with Gasteiger partial charge in [-0.15, -0.1) is 0 Å². The molecule has 1 amide bonds. The minimum absolute atomic E-state index is 0.199. The number of carbonyl (C=O) groups excluding carboxylic acids is 1. The summed E-state index contributed by atoms with van der Waals surface area (Å²) >= 11 is 0. The molecule has 15 heavy (non-hydrogen) atoms. The zero-order valence-corrected chi connectivity index (χ0v) is 10.1. The highest BCUT2D eigenvalue weighted by atomic mass is 16.3. The molecule has 1 atom stereocenters. The van der Waals surface area contributed by atoms with Crippen LogP contribution in [-0.4, -0.2) is 35.6 Å². The highest BCUT2D eigenvalue weighted by Gasteiger charge is 2.26. The van der Waals surface area contributed by atoms with Gasteiger partial charge in [0.15, 0.2) is 0 Å². The van der Waals surface area contributed by atoms with Crippen LogP contribution in [0, 0.1) is 11.8 Å². The van der Waals surface area contributed by atoms with Crippen molar-refractivity contribution in [1.29, 1.82) is 0 Å². The number of hydrogen-bond donors (Lipinski definition) is 1. The van der Waals surface area contributed by atoms with Crippen molar-refractivity contribution < 1.29 is 9.90 Å². The van der Waals surface area contributed by atoms with Gasteiger partial charge in [-0.05, 0) is 38.5 Å². The van der Waals surface area contributed by atoms with Crippen LogP contribution in [0.2, 0.25) is 0 Å². The SMILES string of the molecule is CC(O)CN(C)C(=O)C1CCC(C)CC1. The minimum atomic E-state index is -0.429. The molecule has 3 nitrogen and oxygen atoms in total. The molecule has 0 spiro atoms. The first-order valence-electron chi connectivity index (χ1n) is 5.93. The number of rotatable bonds is 3. The predicted molar refractivity (Wildman–Crippen MR) is 60.4 cm³/mol. The second kappa shape index (κ2) is 5.50. The van der Waals surface area contributed by atoms with Crippen LogP contribution < -0.4 is 0 Å². The maximum Gasteiger partial charge on any atom is 0.225 e. The van der Waals surface area contributed by atoms with Crippen LogP contribution in [0.4, 0.5) is 0 Å². The van der Waals surface area contributed by atoms with E-state index in [0.717, 1.165) is 18.8 Å². The van der Waals surface area contributed by atoms with E-state index in [2.05, 4.69) is 6.92 Å². The third kappa shape index (κ3) is 3.82. The molecular weight excluding hydrogens is 190 g/mol. The van der Waals surface area contributed by atoms with Gasteiger partial charge in [0, 0.05) is 19.5 Å². The molecule has 0 radical (unpaired) electrons.